The maximum atomic E-state index is 11.8. The van der Waals surface area contributed by atoms with Crippen molar-refractivity contribution in [2.24, 2.45) is 0 Å². The largest absolute Gasteiger partial charge is 0.478 e. The van der Waals surface area contributed by atoms with Crippen LogP contribution in [0.25, 0.3) is 0 Å². The Bertz CT molecular complexity index is 491. The van der Waals surface area contributed by atoms with Crippen LogP contribution < -0.4 is 0 Å². The monoisotopic (exact) mass is 251 g/mol. The Morgan fingerprint density at radius 3 is 2.82 bits per heavy atom. The van der Waals surface area contributed by atoms with E-state index in [9.17, 15) is 9.00 Å². The lowest BCUT2D eigenvalue weighted by Gasteiger charge is -2.05. The highest BCUT2D eigenvalue weighted by Crippen LogP contribution is 2.15. The van der Waals surface area contributed by atoms with E-state index in [0.717, 1.165) is 0 Å². The molecular weight excluding hydrogens is 238 g/mol. The molecule has 4 nitrogen and oxygen atoms in total. The molecule has 0 amide bonds. The van der Waals surface area contributed by atoms with Crippen molar-refractivity contribution in [3.8, 4) is 6.07 Å². The smallest absolute Gasteiger partial charge is 0.335 e. The van der Waals surface area contributed by atoms with Crippen LogP contribution in [0, 0.1) is 18.3 Å². The van der Waals surface area contributed by atoms with Gasteiger partial charge >= 0.3 is 5.97 Å². The van der Waals surface area contributed by atoms with Crippen LogP contribution in [0.2, 0.25) is 0 Å². The van der Waals surface area contributed by atoms with Crippen LogP contribution in [-0.2, 0) is 10.8 Å². The Hall–Kier alpha value is -1.67. The van der Waals surface area contributed by atoms with Gasteiger partial charge in [-0.1, -0.05) is 6.07 Å². The average Bonchev–Trinajstić information content (AvgIpc) is 2.29. The minimum Gasteiger partial charge on any atom is -0.478 e. The fourth-order valence-electron chi connectivity index (χ4n) is 1.37. The van der Waals surface area contributed by atoms with Gasteiger partial charge in [0, 0.05) is 17.1 Å². The van der Waals surface area contributed by atoms with Crippen LogP contribution in [-0.4, -0.2) is 21.0 Å². The quantitative estimate of drug-likeness (QED) is 0.813. The van der Waals surface area contributed by atoms with Gasteiger partial charge in [-0.2, -0.15) is 5.26 Å². The Labute approximate surface area is 102 Å². The molecule has 1 rings (SSSR count). The summed E-state index contributed by atoms with van der Waals surface area (Å²) in [6.07, 6.45) is 0.919. The summed E-state index contributed by atoms with van der Waals surface area (Å²) in [5.74, 6) is -0.631. The summed E-state index contributed by atoms with van der Waals surface area (Å²) in [6.45, 7) is 1.70. The molecule has 0 fully saturated rings. The number of rotatable bonds is 5. The van der Waals surface area contributed by atoms with Crippen LogP contribution in [0.15, 0.2) is 23.1 Å². The number of benzene rings is 1. The molecule has 0 saturated carbocycles. The highest BCUT2D eigenvalue weighted by molar-refractivity contribution is 7.85. The van der Waals surface area contributed by atoms with Gasteiger partial charge in [0.2, 0.25) is 0 Å². The van der Waals surface area contributed by atoms with Crippen molar-refractivity contribution in [1.82, 2.24) is 0 Å². The number of nitrogens with zero attached hydrogens (tertiary/aromatic N) is 1. The SMILES string of the molecule is Cc1ccc(S(=O)CCCC#N)cc1C(=O)O. The molecule has 1 atom stereocenters. The van der Waals surface area contributed by atoms with Crippen molar-refractivity contribution in [1.29, 1.82) is 5.26 Å². The predicted molar refractivity (Wildman–Crippen MR) is 64.3 cm³/mol. The van der Waals surface area contributed by atoms with Gasteiger partial charge in [-0.3, -0.25) is 4.21 Å². The second-order valence-electron chi connectivity index (χ2n) is 3.59. The number of hydrogen-bond donors (Lipinski definition) is 1. The van der Waals surface area contributed by atoms with Gasteiger partial charge < -0.3 is 5.11 Å². The fraction of sp³-hybridized carbons (Fsp3) is 0.333. The van der Waals surface area contributed by atoms with Gasteiger partial charge in [0.25, 0.3) is 0 Å². The van der Waals surface area contributed by atoms with Crippen LogP contribution >= 0.6 is 0 Å². The third-order valence-electron chi connectivity index (χ3n) is 2.32. The van der Waals surface area contributed by atoms with Crippen molar-refractivity contribution in [3.63, 3.8) is 0 Å². The molecule has 17 heavy (non-hydrogen) atoms. The molecule has 0 saturated heterocycles. The topological polar surface area (TPSA) is 78.2 Å². The first kappa shape index (κ1) is 13.4. The number of hydrogen-bond acceptors (Lipinski definition) is 3. The van der Waals surface area contributed by atoms with Crippen LogP contribution in [0.3, 0.4) is 0 Å². The maximum Gasteiger partial charge on any atom is 0.335 e. The van der Waals surface area contributed by atoms with Crippen molar-refractivity contribution < 1.29 is 14.1 Å². The number of aryl methyl sites for hydroxylation is 1. The standard InChI is InChI=1S/C12H13NO3S/c1-9-4-5-10(8-11(9)12(14)15)17(16)7-3-2-6-13/h4-5,8H,2-3,7H2,1H3,(H,14,15). The van der Waals surface area contributed by atoms with E-state index < -0.39 is 16.8 Å². The molecule has 0 aliphatic rings. The summed E-state index contributed by atoms with van der Waals surface area (Å²) >= 11 is 0. The van der Waals surface area contributed by atoms with E-state index in [1.165, 1.54) is 6.07 Å². The van der Waals surface area contributed by atoms with Gasteiger partial charge in [-0.05, 0) is 31.0 Å². The maximum absolute atomic E-state index is 11.8. The summed E-state index contributed by atoms with van der Waals surface area (Å²) in [7, 11) is -1.23. The van der Waals surface area contributed by atoms with Gasteiger partial charge in [0.15, 0.2) is 0 Å². The summed E-state index contributed by atoms with van der Waals surface area (Å²) in [5, 5.41) is 17.3. The molecule has 0 aliphatic carbocycles. The first-order valence-corrected chi connectivity index (χ1v) is 6.47. The summed E-state index contributed by atoms with van der Waals surface area (Å²) < 4.78 is 11.8. The van der Waals surface area contributed by atoms with Gasteiger partial charge in [0.05, 0.1) is 22.4 Å². The Morgan fingerprint density at radius 1 is 1.53 bits per heavy atom. The van der Waals surface area contributed by atoms with Crippen LogP contribution in [0.5, 0.6) is 0 Å². The fourth-order valence-corrected chi connectivity index (χ4v) is 2.48. The molecule has 1 unspecified atom stereocenters. The Morgan fingerprint density at radius 2 is 2.24 bits per heavy atom. The first-order valence-electron chi connectivity index (χ1n) is 5.15. The van der Waals surface area contributed by atoms with E-state index in [0.29, 0.717) is 29.1 Å². The average molecular weight is 251 g/mol. The van der Waals surface area contributed by atoms with Crippen molar-refractivity contribution in [2.75, 3.05) is 5.75 Å². The zero-order chi connectivity index (χ0) is 12.8. The molecule has 0 radical (unpaired) electrons. The van der Waals surface area contributed by atoms with Crippen molar-refractivity contribution in [2.45, 2.75) is 24.7 Å². The highest BCUT2D eigenvalue weighted by atomic mass is 32.2. The minimum atomic E-state index is -1.23. The normalized spacial score (nSPS) is 11.8. The van der Waals surface area contributed by atoms with E-state index in [4.69, 9.17) is 10.4 Å². The van der Waals surface area contributed by atoms with Gasteiger partial charge in [-0.25, -0.2) is 4.79 Å². The van der Waals surface area contributed by atoms with Crippen LogP contribution in [0.4, 0.5) is 0 Å². The Kier molecular flexibility index (Phi) is 4.85. The zero-order valence-corrected chi connectivity index (χ0v) is 10.3. The molecule has 0 heterocycles. The molecule has 1 aromatic carbocycles. The molecule has 5 heteroatoms. The van der Waals surface area contributed by atoms with E-state index in [-0.39, 0.29) is 5.56 Å². The number of unbranched alkanes of at least 4 members (excludes halogenated alkanes) is 1. The molecule has 0 spiro atoms. The summed E-state index contributed by atoms with van der Waals surface area (Å²) in [4.78, 5) is 11.4. The third-order valence-corrected chi connectivity index (χ3v) is 3.76. The minimum absolute atomic E-state index is 0.177. The third kappa shape index (κ3) is 3.68. The van der Waals surface area contributed by atoms with E-state index in [1.54, 1.807) is 19.1 Å². The van der Waals surface area contributed by atoms with Gasteiger partial charge in [-0.15, -0.1) is 0 Å². The number of carboxylic acid groups (broad SMARTS) is 1. The molecule has 0 aliphatic heterocycles. The molecule has 0 aromatic heterocycles. The zero-order valence-electron chi connectivity index (χ0n) is 9.47. The summed E-state index contributed by atoms with van der Waals surface area (Å²) in [6, 6.07) is 6.75. The number of carboxylic acids is 1. The summed E-state index contributed by atoms with van der Waals surface area (Å²) in [5.41, 5.74) is 0.825. The molecule has 1 N–H and O–H groups in total. The van der Waals surface area contributed by atoms with Crippen molar-refractivity contribution in [3.05, 3.63) is 29.3 Å². The number of nitriles is 1. The van der Waals surface area contributed by atoms with Crippen LogP contribution in [0.1, 0.15) is 28.8 Å². The van der Waals surface area contributed by atoms with E-state index in [1.807, 2.05) is 6.07 Å². The lowest BCUT2D eigenvalue weighted by molar-refractivity contribution is 0.0696. The second-order valence-corrected chi connectivity index (χ2v) is 5.16. The van der Waals surface area contributed by atoms with E-state index >= 15 is 0 Å². The molecule has 0 bridgehead atoms. The molecule has 90 valence electrons. The lowest BCUT2D eigenvalue weighted by atomic mass is 10.1. The first-order chi connectivity index (χ1) is 8.06. The predicted octanol–water partition coefficient (Wildman–Crippen LogP) is 2.10. The highest BCUT2D eigenvalue weighted by Gasteiger charge is 2.11. The van der Waals surface area contributed by atoms with E-state index in [2.05, 4.69) is 0 Å². The second kappa shape index (κ2) is 6.16. The molecule has 1 aromatic rings. The number of aromatic carboxylic acids is 1. The molecular formula is C12H13NO3S. The van der Waals surface area contributed by atoms with Crippen molar-refractivity contribution >= 4 is 16.8 Å². The number of carbonyl (C=O) groups is 1. The Balaban J connectivity index is 2.85. The lowest BCUT2D eigenvalue weighted by Crippen LogP contribution is -2.04. The van der Waals surface area contributed by atoms with Gasteiger partial charge in [0.1, 0.15) is 0 Å².